The number of hydrogen-bond donors (Lipinski definition) is 1. The Bertz CT molecular complexity index is 203. The summed E-state index contributed by atoms with van der Waals surface area (Å²) in [5, 5.41) is 8.46. The van der Waals surface area contributed by atoms with Gasteiger partial charge in [0.2, 0.25) is 0 Å². The zero-order valence-corrected chi connectivity index (χ0v) is 8.23. The lowest BCUT2D eigenvalue weighted by molar-refractivity contribution is -0.131. The Morgan fingerprint density at radius 2 is 1.92 bits per heavy atom. The van der Waals surface area contributed by atoms with Crippen LogP contribution in [0, 0.1) is 11.8 Å². The summed E-state index contributed by atoms with van der Waals surface area (Å²) in [5.41, 5.74) is 0. The summed E-state index contributed by atoms with van der Waals surface area (Å²) in [6.07, 6.45) is 4.15. The van der Waals surface area contributed by atoms with Crippen molar-refractivity contribution in [3.05, 3.63) is 12.3 Å². The fourth-order valence-electron chi connectivity index (χ4n) is 2.00. The molecule has 1 aliphatic rings. The number of nitrogens with zero attached hydrogens (tertiary/aromatic N) is 1. The number of rotatable bonds is 2. The minimum atomic E-state index is -0.870. The van der Waals surface area contributed by atoms with Crippen molar-refractivity contribution in [3.8, 4) is 0 Å². The maximum atomic E-state index is 10.3. The molecule has 74 valence electrons. The molecule has 3 heteroatoms. The van der Waals surface area contributed by atoms with E-state index >= 15 is 0 Å². The number of carboxylic acid groups (broad SMARTS) is 1. The molecule has 0 aromatic rings. The van der Waals surface area contributed by atoms with Gasteiger partial charge in [-0.3, -0.25) is 0 Å². The second-order valence-corrected chi connectivity index (χ2v) is 4.05. The second-order valence-electron chi connectivity index (χ2n) is 4.05. The third-order valence-electron chi connectivity index (χ3n) is 2.33. The van der Waals surface area contributed by atoms with Crippen LogP contribution in [0.5, 0.6) is 0 Å². The highest BCUT2D eigenvalue weighted by Gasteiger charge is 2.19. The molecule has 1 fully saturated rings. The number of aliphatic carboxylic acids is 1. The molecular formula is C10H17NO2. The summed E-state index contributed by atoms with van der Waals surface area (Å²) in [7, 11) is 0. The summed E-state index contributed by atoms with van der Waals surface area (Å²) in [5.74, 6) is 0.468. The van der Waals surface area contributed by atoms with Gasteiger partial charge >= 0.3 is 5.97 Å². The number of carbonyl (C=O) groups is 1. The van der Waals surface area contributed by atoms with Gasteiger partial charge in [-0.1, -0.05) is 13.8 Å². The lowest BCUT2D eigenvalue weighted by atomic mass is 9.92. The molecule has 0 amide bonds. The molecule has 0 spiro atoms. The van der Waals surface area contributed by atoms with Crippen molar-refractivity contribution in [1.82, 2.24) is 4.90 Å². The van der Waals surface area contributed by atoms with E-state index in [0.29, 0.717) is 11.8 Å². The quantitative estimate of drug-likeness (QED) is 0.660. The highest BCUT2D eigenvalue weighted by Crippen LogP contribution is 2.20. The minimum Gasteiger partial charge on any atom is -0.478 e. The molecule has 1 N–H and O–H groups in total. The van der Waals surface area contributed by atoms with Gasteiger partial charge in [0.15, 0.2) is 0 Å². The Hall–Kier alpha value is -0.990. The van der Waals surface area contributed by atoms with Crippen molar-refractivity contribution in [1.29, 1.82) is 0 Å². The highest BCUT2D eigenvalue weighted by molar-refractivity contribution is 5.79. The first kappa shape index (κ1) is 10.1. The van der Waals surface area contributed by atoms with E-state index in [-0.39, 0.29) is 0 Å². The summed E-state index contributed by atoms with van der Waals surface area (Å²) >= 11 is 0. The predicted octanol–water partition coefficient (Wildman–Crippen LogP) is 1.56. The number of carboxylic acids is 1. The van der Waals surface area contributed by atoms with E-state index in [2.05, 4.69) is 18.7 Å². The molecule has 0 aliphatic carbocycles. The fraction of sp³-hybridized carbons (Fsp3) is 0.700. The van der Waals surface area contributed by atoms with Gasteiger partial charge in [0.1, 0.15) is 0 Å². The topological polar surface area (TPSA) is 40.5 Å². The van der Waals surface area contributed by atoms with Gasteiger partial charge in [-0.2, -0.15) is 0 Å². The molecule has 1 heterocycles. The van der Waals surface area contributed by atoms with Crippen LogP contribution in [0.1, 0.15) is 20.3 Å². The van der Waals surface area contributed by atoms with E-state index in [4.69, 9.17) is 5.11 Å². The molecule has 2 atom stereocenters. The van der Waals surface area contributed by atoms with Crippen molar-refractivity contribution >= 4 is 5.97 Å². The van der Waals surface area contributed by atoms with E-state index < -0.39 is 5.97 Å². The van der Waals surface area contributed by atoms with E-state index in [1.54, 1.807) is 6.20 Å². The summed E-state index contributed by atoms with van der Waals surface area (Å²) in [4.78, 5) is 12.4. The maximum absolute atomic E-state index is 10.3. The number of hydrogen-bond acceptors (Lipinski definition) is 2. The number of piperidine rings is 1. The molecule has 3 nitrogen and oxygen atoms in total. The van der Waals surface area contributed by atoms with Crippen molar-refractivity contribution in [2.24, 2.45) is 11.8 Å². The van der Waals surface area contributed by atoms with E-state index in [1.807, 2.05) is 0 Å². The average molecular weight is 183 g/mol. The molecule has 2 unspecified atom stereocenters. The van der Waals surface area contributed by atoms with Crippen LogP contribution in [-0.2, 0) is 4.79 Å². The SMILES string of the molecule is CC1CC(C)CN(/C=C/C(=O)O)C1. The van der Waals surface area contributed by atoms with E-state index in [9.17, 15) is 4.79 Å². The molecule has 1 rings (SSSR count). The summed E-state index contributed by atoms with van der Waals surface area (Å²) < 4.78 is 0. The van der Waals surface area contributed by atoms with Gasteiger partial charge in [0.05, 0.1) is 0 Å². The maximum Gasteiger partial charge on any atom is 0.329 e. The van der Waals surface area contributed by atoms with Crippen LogP contribution in [0.15, 0.2) is 12.3 Å². The zero-order chi connectivity index (χ0) is 9.84. The zero-order valence-electron chi connectivity index (χ0n) is 8.23. The van der Waals surface area contributed by atoms with E-state index in [1.165, 1.54) is 12.5 Å². The van der Waals surface area contributed by atoms with Crippen molar-refractivity contribution in [2.75, 3.05) is 13.1 Å². The molecule has 0 aromatic heterocycles. The van der Waals surface area contributed by atoms with E-state index in [0.717, 1.165) is 13.1 Å². The van der Waals surface area contributed by atoms with Crippen LogP contribution in [0.2, 0.25) is 0 Å². The molecule has 1 saturated heterocycles. The summed E-state index contributed by atoms with van der Waals surface area (Å²) in [6.45, 7) is 6.37. The Labute approximate surface area is 79.0 Å². The van der Waals surface area contributed by atoms with Crippen LogP contribution in [0.25, 0.3) is 0 Å². The van der Waals surface area contributed by atoms with Crippen LogP contribution >= 0.6 is 0 Å². The van der Waals surface area contributed by atoms with Gasteiger partial charge in [0, 0.05) is 25.4 Å². The third kappa shape index (κ3) is 3.49. The lowest BCUT2D eigenvalue weighted by Gasteiger charge is -2.34. The summed E-state index contributed by atoms with van der Waals surface area (Å²) in [6, 6.07) is 0. The first-order valence-electron chi connectivity index (χ1n) is 4.73. The third-order valence-corrected chi connectivity index (χ3v) is 2.33. The molecule has 0 bridgehead atoms. The van der Waals surface area contributed by atoms with Crippen LogP contribution in [-0.4, -0.2) is 29.1 Å². The van der Waals surface area contributed by atoms with Gasteiger partial charge in [-0.25, -0.2) is 4.79 Å². The van der Waals surface area contributed by atoms with Gasteiger partial charge in [0.25, 0.3) is 0 Å². The molecular weight excluding hydrogens is 166 g/mol. The molecule has 0 radical (unpaired) electrons. The first-order valence-corrected chi connectivity index (χ1v) is 4.73. The fourth-order valence-corrected chi connectivity index (χ4v) is 2.00. The Kier molecular flexibility index (Phi) is 3.34. The standard InChI is InChI=1S/C10H17NO2/c1-8-5-9(2)7-11(6-8)4-3-10(12)13/h3-4,8-9H,5-7H2,1-2H3,(H,12,13)/b4-3+. The average Bonchev–Trinajstić information content (AvgIpc) is 1.99. The second kappa shape index (κ2) is 4.30. The van der Waals surface area contributed by atoms with Crippen molar-refractivity contribution in [3.63, 3.8) is 0 Å². The lowest BCUT2D eigenvalue weighted by Crippen LogP contribution is -2.35. The Morgan fingerprint density at radius 3 is 2.38 bits per heavy atom. The Morgan fingerprint density at radius 1 is 1.38 bits per heavy atom. The molecule has 13 heavy (non-hydrogen) atoms. The van der Waals surface area contributed by atoms with Gasteiger partial charge in [-0.05, 0) is 18.3 Å². The molecule has 0 saturated carbocycles. The van der Waals surface area contributed by atoms with Crippen LogP contribution < -0.4 is 0 Å². The largest absolute Gasteiger partial charge is 0.478 e. The minimum absolute atomic E-state index is 0.669. The van der Waals surface area contributed by atoms with Crippen LogP contribution in [0.4, 0.5) is 0 Å². The van der Waals surface area contributed by atoms with Gasteiger partial charge < -0.3 is 10.0 Å². The van der Waals surface area contributed by atoms with Crippen molar-refractivity contribution in [2.45, 2.75) is 20.3 Å². The molecule has 1 aliphatic heterocycles. The number of likely N-dealkylation sites (tertiary alicyclic amines) is 1. The van der Waals surface area contributed by atoms with Crippen molar-refractivity contribution < 1.29 is 9.90 Å². The predicted molar refractivity (Wildman–Crippen MR) is 51.3 cm³/mol. The van der Waals surface area contributed by atoms with Gasteiger partial charge in [-0.15, -0.1) is 0 Å². The first-order chi connectivity index (χ1) is 6.08. The smallest absolute Gasteiger partial charge is 0.329 e. The normalized spacial score (nSPS) is 29.5. The monoisotopic (exact) mass is 183 g/mol. The Balaban J connectivity index is 2.46. The highest BCUT2D eigenvalue weighted by atomic mass is 16.4. The van der Waals surface area contributed by atoms with Crippen LogP contribution in [0.3, 0.4) is 0 Å². The molecule has 0 aromatic carbocycles.